The second kappa shape index (κ2) is 6.18. The molecule has 1 rings (SSSR count). The number of aromatic carboxylic acids is 1. The van der Waals surface area contributed by atoms with Gasteiger partial charge in [-0.2, -0.15) is 0 Å². The molecule has 0 amide bonds. The first-order chi connectivity index (χ1) is 9.29. The molecule has 0 atom stereocenters. The average Bonchev–Trinajstić information content (AvgIpc) is 2.35. The maximum Gasteiger partial charge on any atom is 0.336 e. The third-order valence-electron chi connectivity index (χ3n) is 3.06. The summed E-state index contributed by atoms with van der Waals surface area (Å²) < 4.78 is 0. The molecule has 0 spiro atoms. The van der Waals surface area contributed by atoms with Gasteiger partial charge >= 0.3 is 5.97 Å². The van der Waals surface area contributed by atoms with E-state index < -0.39 is 10.9 Å². The fraction of sp³-hybridized carbons (Fsp3) is 0.357. The monoisotopic (exact) mass is 278 g/mol. The number of anilines is 1. The number of nitro groups is 1. The van der Waals surface area contributed by atoms with Crippen LogP contribution in [0.5, 0.6) is 0 Å². The van der Waals surface area contributed by atoms with E-state index in [9.17, 15) is 14.9 Å². The van der Waals surface area contributed by atoms with E-state index in [1.807, 2.05) is 18.7 Å². The van der Waals surface area contributed by atoms with Crippen LogP contribution < -0.4 is 4.90 Å². The predicted octanol–water partition coefficient (Wildman–Crippen LogP) is 3.00. The summed E-state index contributed by atoms with van der Waals surface area (Å²) in [5.41, 5.74) is 0.726. The molecule has 0 aliphatic rings. The van der Waals surface area contributed by atoms with Crippen LogP contribution in [0.2, 0.25) is 0 Å². The van der Waals surface area contributed by atoms with Gasteiger partial charge in [0.2, 0.25) is 0 Å². The smallest absolute Gasteiger partial charge is 0.336 e. The lowest BCUT2D eigenvalue weighted by molar-refractivity contribution is -0.385. The van der Waals surface area contributed by atoms with Gasteiger partial charge in [0.1, 0.15) is 0 Å². The standard InChI is InChI=1S/C14H18N2O4/c1-5-6-15(9(2)3)12-7-11(14(17)18)8-13(10(12)4)16(19)20/h5,7-9H,1,6H2,2-4H3,(H,17,18). The molecule has 0 saturated carbocycles. The molecule has 0 bridgehead atoms. The Hall–Kier alpha value is -2.37. The van der Waals surface area contributed by atoms with Gasteiger partial charge in [-0.05, 0) is 26.8 Å². The number of carboxylic acids is 1. The minimum atomic E-state index is -1.18. The molecule has 20 heavy (non-hydrogen) atoms. The van der Waals surface area contributed by atoms with Gasteiger partial charge in [0.15, 0.2) is 0 Å². The molecule has 1 N–H and O–H groups in total. The second-order valence-corrected chi connectivity index (χ2v) is 4.74. The van der Waals surface area contributed by atoms with E-state index in [0.717, 1.165) is 6.07 Å². The maximum atomic E-state index is 11.1. The number of carbonyl (C=O) groups is 1. The van der Waals surface area contributed by atoms with Crippen LogP contribution in [-0.2, 0) is 0 Å². The summed E-state index contributed by atoms with van der Waals surface area (Å²) in [7, 11) is 0. The van der Waals surface area contributed by atoms with Gasteiger partial charge < -0.3 is 10.0 Å². The quantitative estimate of drug-likeness (QED) is 0.491. The number of benzene rings is 1. The van der Waals surface area contributed by atoms with Crippen molar-refractivity contribution in [2.45, 2.75) is 26.8 Å². The van der Waals surface area contributed by atoms with Crippen molar-refractivity contribution in [2.75, 3.05) is 11.4 Å². The SMILES string of the molecule is C=CCN(c1cc(C(=O)O)cc([N+](=O)[O-])c1C)C(C)C. The largest absolute Gasteiger partial charge is 0.478 e. The van der Waals surface area contributed by atoms with Gasteiger partial charge in [0, 0.05) is 24.3 Å². The first-order valence-corrected chi connectivity index (χ1v) is 6.19. The summed E-state index contributed by atoms with van der Waals surface area (Å²) in [6, 6.07) is 2.62. The van der Waals surface area contributed by atoms with Gasteiger partial charge in [0.25, 0.3) is 5.69 Å². The zero-order valence-electron chi connectivity index (χ0n) is 11.8. The van der Waals surface area contributed by atoms with Crippen LogP contribution in [0.1, 0.15) is 29.8 Å². The van der Waals surface area contributed by atoms with E-state index in [0.29, 0.717) is 17.8 Å². The normalized spacial score (nSPS) is 10.4. The highest BCUT2D eigenvalue weighted by Crippen LogP contribution is 2.31. The van der Waals surface area contributed by atoms with Crippen molar-refractivity contribution < 1.29 is 14.8 Å². The van der Waals surface area contributed by atoms with Crippen LogP contribution in [0.15, 0.2) is 24.8 Å². The topological polar surface area (TPSA) is 83.7 Å². The molecule has 6 nitrogen and oxygen atoms in total. The van der Waals surface area contributed by atoms with E-state index >= 15 is 0 Å². The Bertz CT molecular complexity index is 552. The van der Waals surface area contributed by atoms with Crippen molar-refractivity contribution >= 4 is 17.3 Å². The number of hydrogen-bond acceptors (Lipinski definition) is 4. The van der Waals surface area contributed by atoms with Gasteiger partial charge in [-0.15, -0.1) is 6.58 Å². The summed E-state index contributed by atoms with van der Waals surface area (Å²) >= 11 is 0. The van der Waals surface area contributed by atoms with Gasteiger partial charge in [-0.3, -0.25) is 10.1 Å². The van der Waals surface area contributed by atoms with E-state index in [-0.39, 0.29) is 17.3 Å². The Balaban J connectivity index is 3.54. The Kier molecular flexibility index (Phi) is 4.85. The Labute approximate surface area is 117 Å². The summed E-state index contributed by atoms with van der Waals surface area (Å²) in [4.78, 5) is 23.5. The molecule has 0 fully saturated rings. The predicted molar refractivity (Wildman–Crippen MR) is 77.5 cm³/mol. The molecule has 0 aromatic heterocycles. The number of carboxylic acid groups (broad SMARTS) is 1. The molecule has 0 aliphatic carbocycles. The van der Waals surface area contributed by atoms with Crippen molar-refractivity contribution in [3.63, 3.8) is 0 Å². The molecule has 6 heteroatoms. The summed E-state index contributed by atoms with van der Waals surface area (Å²) in [5, 5.41) is 20.2. The van der Waals surface area contributed by atoms with Crippen LogP contribution in [0.3, 0.4) is 0 Å². The number of hydrogen-bond donors (Lipinski definition) is 1. The number of nitro benzene ring substituents is 1. The molecule has 1 aromatic rings. The Morgan fingerprint density at radius 2 is 2.15 bits per heavy atom. The Morgan fingerprint density at radius 3 is 2.55 bits per heavy atom. The van der Waals surface area contributed by atoms with Crippen molar-refractivity contribution in [2.24, 2.45) is 0 Å². The van der Waals surface area contributed by atoms with Crippen LogP contribution in [0.4, 0.5) is 11.4 Å². The van der Waals surface area contributed by atoms with Gasteiger partial charge in [-0.1, -0.05) is 6.08 Å². The summed E-state index contributed by atoms with van der Waals surface area (Å²) in [6.45, 7) is 9.63. The lowest BCUT2D eigenvalue weighted by atomic mass is 10.1. The Morgan fingerprint density at radius 1 is 1.55 bits per heavy atom. The molecular formula is C14H18N2O4. The minimum absolute atomic E-state index is 0.0651. The fourth-order valence-corrected chi connectivity index (χ4v) is 2.02. The van der Waals surface area contributed by atoms with E-state index in [1.165, 1.54) is 6.07 Å². The van der Waals surface area contributed by atoms with E-state index in [1.54, 1.807) is 13.0 Å². The molecule has 0 aliphatic heterocycles. The number of nitrogens with zero attached hydrogens (tertiary/aromatic N) is 2. The van der Waals surface area contributed by atoms with Crippen LogP contribution >= 0.6 is 0 Å². The van der Waals surface area contributed by atoms with Crippen LogP contribution in [0.25, 0.3) is 0 Å². The van der Waals surface area contributed by atoms with E-state index in [4.69, 9.17) is 5.11 Å². The van der Waals surface area contributed by atoms with E-state index in [2.05, 4.69) is 6.58 Å². The lowest BCUT2D eigenvalue weighted by Gasteiger charge is -2.29. The molecule has 108 valence electrons. The van der Waals surface area contributed by atoms with Crippen molar-refractivity contribution in [1.82, 2.24) is 0 Å². The first kappa shape index (κ1) is 15.7. The lowest BCUT2D eigenvalue weighted by Crippen LogP contribution is -2.31. The molecular weight excluding hydrogens is 260 g/mol. The molecule has 0 saturated heterocycles. The average molecular weight is 278 g/mol. The molecule has 0 radical (unpaired) electrons. The summed E-state index contributed by atoms with van der Waals surface area (Å²) in [6.07, 6.45) is 1.68. The fourth-order valence-electron chi connectivity index (χ4n) is 2.02. The zero-order chi connectivity index (χ0) is 15.4. The molecule has 0 heterocycles. The maximum absolute atomic E-state index is 11.1. The number of rotatable bonds is 6. The molecule has 0 unspecified atom stereocenters. The van der Waals surface area contributed by atoms with Gasteiger partial charge in [0.05, 0.1) is 16.1 Å². The van der Waals surface area contributed by atoms with Gasteiger partial charge in [-0.25, -0.2) is 4.79 Å². The second-order valence-electron chi connectivity index (χ2n) is 4.74. The third-order valence-corrected chi connectivity index (χ3v) is 3.06. The van der Waals surface area contributed by atoms with Crippen molar-refractivity contribution in [3.05, 3.63) is 46.0 Å². The van der Waals surface area contributed by atoms with Crippen LogP contribution in [0, 0.1) is 17.0 Å². The van der Waals surface area contributed by atoms with Crippen molar-refractivity contribution in [1.29, 1.82) is 0 Å². The molecule has 1 aromatic carbocycles. The minimum Gasteiger partial charge on any atom is -0.478 e. The highest BCUT2D eigenvalue weighted by atomic mass is 16.6. The highest BCUT2D eigenvalue weighted by molar-refractivity contribution is 5.90. The third kappa shape index (κ3) is 3.14. The van der Waals surface area contributed by atoms with Crippen LogP contribution in [-0.4, -0.2) is 28.6 Å². The highest BCUT2D eigenvalue weighted by Gasteiger charge is 2.22. The first-order valence-electron chi connectivity index (χ1n) is 6.19. The summed E-state index contributed by atoms with van der Waals surface area (Å²) in [5.74, 6) is -1.18. The zero-order valence-corrected chi connectivity index (χ0v) is 11.8. The van der Waals surface area contributed by atoms with Crippen molar-refractivity contribution in [3.8, 4) is 0 Å².